The monoisotopic (exact) mass is 425 g/mol. The number of hydrogen-bond donors (Lipinski definition) is 0. The number of rotatable bonds is 8. The van der Waals surface area contributed by atoms with Crippen molar-refractivity contribution >= 4 is 46.0 Å². The molecule has 1 fully saturated rings. The fraction of sp³-hybridized carbons (Fsp3) is 0.217. The second kappa shape index (κ2) is 9.76. The number of carbonyl (C=O) groups excluding carboxylic acids is 1. The van der Waals surface area contributed by atoms with E-state index in [1.165, 1.54) is 11.8 Å². The molecule has 0 aliphatic carbocycles. The van der Waals surface area contributed by atoms with Gasteiger partial charge in [-0.3, -0.25) is 9.69 Å². The summed E-state index contributed by atoms with van der Waals surface area (Å²) >= 11 is 6.75. The van der Waals surface area contributed by atoms with E-state index in [0.29, 0.717) is 34.6 Å². The lowest BCUT2D eigenvalue weighted by Gasteiger charge is -2.16. The van der Waals surface area contributed by atoms with Crippen LogP contribution in [0, 0.1) is 0 Å². The van der Waals surface area contributed by atoms with E-state index in [9.17, 15) is 4.79 Å². The van der Waals surface area contributed by atoms with Crippen LogP contribution in [0.3, 0.4) is 0 Å². The summed E-state index contributed by atoms with van der Waals surface area (Å²) in [6, 6.07) is 13.3. The van der Waals surface area contributed by atoms with Gasteiger partial charge in [-0.05, 0) is 56.2 Å². The summed E-state index contributed by atoms with van der Waals surface area (Å²) < 4.78 is 12.1. The van der Waals surface area contributed by atoms with Crippen molar-refractivity contribution in [2.75, 3.05) is 18.1 Å². The van der Waals surface area contributed by atoms with E-state index < -0.39 is 0 Å². The molecule has 1 amide bonds. The van der Waals surface area contributed by atoms with E-state index in [2.05, 4.69) is 6.58 Å². The first-order chi connectivity index (χ1) is 14.1. The Morgan fingerprint density at radius 3 is 2.52 bits per heavy atom. The van der Waals surface area contributed by atoms with Crippen molar-refractivity contribution in [1.82, 2.24) is 0 Å². The maximum atomic E-state index is 13.0. The number of anilines is 1. The predicted molar refractivity (Wildman–Crippen MR) is 125 cm³/mol. The van der Waals surface area contributed by atoms with Gasteiger partial charge in [-0.25, -0.2) is 0 Å². The molecule has 2 aromatic carbocycles. The third-order valence-electron chi connectivity index (χ3n) is 4.21. The Hall–Kier alpha value is -2.57. The van der Waals surface area contributed by atoms with Gasteiger partial charge in [-0.15, -0.1) is 6.58 Å². The summed E-state index contributed by atoms with van der Waals surface area (Å²) in [7, 11) is 0. The summed E-state index contributed by atoms with van der Waals surface area (Å²) in [5.41, 5.74) is 2.60. The van der Waals surface area contributed by atoms with Crippen LogP contribution in [-0.4, -0.2) is 23.4 Å². The largest absolute Gasteiger partial charge is 0.490 e. The Labute approximate surface area is 181 Å². The second-order valence-electron chi connectivity index (χ2n) is 6.22. The van der Waals surface area contributed by atoms with Crippen LogP contribution >= 0.6 is 24.0 Å². The molecule has 0 N–H and O–H groups in total. The molecule has 29 heavy (non-hydrogen) atoms. The number of allylic oxidation sites excluding steroid dienone is 1. The van der Waals surface area contributed by atoms with Gasteiger partial charge in [0.25, 0.3) is 5.91 Å². The fourth-order valence-electron chi connectivity index (χ4n) is 3.06. The Morgan fingerprint density at radius 2 is 1.86 bits per heavy atom. The predicted octanol–water partition coefficient (Wildman–Crippen LogP) is 5.62. The first-order valence-corrected chi connectivity index (χ1v) is 10.7. The van der Waals surface area contributed by atoms with Gasteiger partial charge in [0.1, 0.15) is 0 Å². The first kappa shape index (κ1) is 21.1. The highest BCUT2D eigenvalue weighted by Gasteiger charge is 2.33. The second-order valence-corrected chi connectivity index (χ2v) is 7.89. The number of nitrogens with zero attached hydrogens (tertiary/aromatic N) is 1. The van der Waals surface area contributed by atoms with Gasteiger partial charge >= 0.3 is 0 Å². The molecule has 4 nitrogen and oxygen atoms in total. The Bertz CT molecular complexity index is 954. The smallest absolute Gasteiger partial charge is 0.270 e. The van der Waals surface area contributed by atoms with E-state index in [1.807, 2.05) is 68.5 Å². The number of ether oxygens (including phenoxy) is 2. The average molecular weight is 426 g/mol. The standard InChI is InChI=1S/C23H23NO3S2/c1-4-10-17-13-16(14-19(26-5-2)21(17)27-6-3)15-20-22(25)24(23(28)29-20)18-11-8-7-9-12-18/h4,7-9,11-15H,1,5-6,10H2,2-3H3/b20-15+. The third kappa shape index (κ3) is 4.71. The lowest BCUT2D eigenvalue weighted by atomic mass is 10.0. The van der Waals surface area contributed by atoms with E-state index in [-0.39, 0.29) is 5.91 Å². The zero-order chi connectivity index (χ0) is 20.8. The molecular weight excluding hydrogens is 402 g/mol. The molecule has 150 valence electrons. The van der Waals surface area contributed by atoms with Crippen molar-refractivity contribution in [3.63, 3.8) is 0 Å². The molecule has 2 aromatic rings. The number of hydrogen-bond acceptors (Lipinski definition) is 5. The molecule has 0 aromatic heterocycles. The minimum Gasteiger partial charge on any atom is -0.490 e. The zero-order valence-electron chi connectivity index (χ0n) is 16.5. The summed E-state index contributed by atoms with van der Waals surface area (Å²) in [6.45, 7) is 8.77. The highest BCUT2D eigenvalue weighted by molar-refractivity contribution is 8.27. The van der Waals surface area contributed by atoms with Gasteiger partial charge in [0.2, 0.25) is 0 Å². The van der Waals surface area contributed by atoms with Gasteiger partial charge < -0.3 is 9.47 Å². The molecule has 0 saturated carbocycles. The van der Waals surface area contributed by atoms with Crippen LogP contribution in [0.5, 0.6) is 11.5 Å². The van der Waals surface area contributed by atoms with Crippen molar-refractivity contribution in [2.45, 2.75) is 20.3 Å². The molecule has 1 aliphatic rings. The van der Waals surface area contributed by atoms with Crippen molar-refractivity contribution in [2.24, 2.45) is 0 Å². The highest BCUT2D eigenvalue weighted by atomic mass is 32.2. The minimum absolute atomic E-state index is 0.122. The Morgan fingerprint density at radius 1 is 1.14 bits per heavy atom. The van der Waals surface area contributed by atoms with Crippen molar-refractivity contribution in [3.05, 3.63) is 71.2 Å². The topological polar surface area (TPSA) is 38.8 Å². The average Bonchev–Trinajstić information content (AvgIpc) is 2.98. The van der Waals surface area contributed by atoms with Gasteiger partial charge in [-0.2, -0.15) is 0 Å². The van der Waals surface area contributed by atoms with Crippen LogP contribution in [0.25, 0.3) is 6.08 Å². The molecule has 0 bridgehead atoms. The summed E-state index contributed by atoms with van der Waals surface area (Å²) in [4.78, 5) is 15.1. The van der Waals surface area contributed by atoms with E-state index >= 15 is 0 Å². The van der Waals surface area contributed by atoms with Crippen LogP contribution < -0.4 is 14.4 Å². The van der Waals surface area contributed by atoms with E-state index in [0.717, 1.165) is 22.6 Å². The number of benzene rings is 2. The Kier molecular flexibility index (Phi) is 7.12. The molecule has 0 spiro atoms. The maximum Gasteiger partial charge on any atom is 0.270 e. The normalized spacial score (nSPS) is 15.1. The molecule has 1 heterocycles. The fourth-order valence-corrected chi connectivity index (χ4v) is 4.36. The molecule has 0 unspecified atom stereocenters. The molecule has 0 radical (unpaired) electrons. The number of thioether (sulfide) groups is 1. The number of amides is 1. The lowest BCUT2D eigenvalue weighted by molar-refractivity contribution is -0.113. The van der Waals surface area contributed by atoms with E-state index in [1.54, 1.807) is 4.90 Å². The zero-order valence-corrected chi connectivity index (χ0v) is 18.1. The molecular formula is C23H23NO3S2. The summed E-state index contributed by atoms with van der Waals surface area (Å²) in [6.07, 6.45) is 4.32. The van der Waals surface area contributed by atoms with Crippen LogP contribution in [0.1, 0.15) is 25.0 Å². The SMILES string of the molecule is C=CCc1cc(/C=C2/SC(=S)N(c3ccccc3)C2=O)cc(OCC)c1OCC. The van der Waals surface area contributed by atoms with Crippen molar-refractivity contribution in [1.29, 1.82) is 0 Å². The maximum absolute atomic E-state index is 13.0. The van der Waals surface area contributed by atoms with Gasteiger partial charge in [0, 0.05) is 5.56 Å². The molecule has 3 rings (SSSR count). The first-order valence-electron chi connectivity index (χ1n) is 9.45. The Balaban J connectivity index is 2.00. The lowest BCUT2D eigenvalue weighted by Crippen LogP contribution is -2.27. The molecule has 6 heteroatoms. The molecule has 0 atom stereocenters. The van der Waals surface area contributed by atoms with Crippen molar-refractivity contribution in [3.8, 4) is 11.5 Å². The molecule has 1 aliphatic heterocycles. The minimum atomic E-state index is -0.122. The molecule has 1 saturated heterocycles. The quantitative estimate of drug-likeness (QED) is 0.312. The third-order valence-corrected chi connectivity index (χ3v) is 5.51. The number of thiocarbonyl (C=S) groups is 1. The van der Waals surface area contributed by atoms with Crippen LogP contribution in [-0.2, 0) is 11.2 Å². The van der Waals surface area contributed by atoms with Crippen LogP contribution in [0.2, 0.25) is 0 Å². The summed E-state index contributed by atoms with van der Waals surface area (Å²) in [5.74, 6) is 1.27. The van der Waals surface area contributed by atoms with Crippen LogP contribution in [0.15, 0.2) is 60.0 Å². The van der Waals surface area contributed by atoms with E-state index in [4.69, 9.17) is 21.7 Å². The van der Waals surface area contributed by atoms with Gasteiger partial charge in [-0.1, -0.05) is 48.3 Å². The van der Waals surface area contributed by atoms with Gasteiger partial charge in [0.15, 0.2) is 15.8 Å². The highest BCUT2D eigenvalue weighted by Crippen LogP contribution is 2.38. The van der Waals surface area contributed by atoms with Crippen LogP contribution in [0.4, 0.5) is 5.69 Å². The van der Waals surface area contributed by atoms with Crippen molar-refractivity contribution < 1.29 is 14.3 Å². The number of para-hydroxylation sites is 1. The van der Waals surface area contributed by atoms with Gasteiger partial charge in [0.05, 0.1) is 23.8 Å². The number of carbonyl (C=O) groups is 1. The summed E-state index contributed by atoms with van der Waals surface area (Å²) in [5, 5.41) is 0.